The second kappa shape index (κ2) is 11.4. The van der Waals surface area contributed by atoms with E-state index in [1.54, 1.807) is 26.2 Å². The van der Waals surface area contributed by atoms with Gasteiger partial charge in [-0.3, -0.25) is 9.59 Å². The highest BCUT2D eigenvalue weighted by Crippen LogP contribution is 2.27. The molecule has 1 aliphatic rings. The molecule has 0 saturated carbocycles. The number of nitrogens with zero attached hydrogens (tertiary/aromatic N) is 1. The second-order valence-electron chi connectivity index (χ2n) is 7.87. The number of carbonyl (C=O) groups excluding carboxylic acids is 2. The number of likely N-dealkylation sites (tertiary alicyclic amines) is 1. The van der Waals surface area contributed by atoms with Gasteiger partial charge in [0.1, 0.15) is 11.8 Å². The summed E-state index contributed by atoms with van der Waals surface area (Å²) in [5.74, 6) is 1.98. The Morgan fingerprint density at radius 3 is 2.56 bits per heavy atom. The fourth-order valence-electron chi connectivity index (χ4n) is 4.01. The zero-order chi connectivity index (χ0) is 22.9. The molecule has 32 heavy (non-hydrogen) atoms. The first kappa shape index (κ1) is 23.4. The van der Waals surface area contributed by atoms with Crippen LogP contribution in [0.15, 0.2) is 42.5 Å². The summed E-state index contributed by atoms with van der Waals surface area (Å²) in [5.41, 5.74) is 1.98. The van der Waals surface area contributed by atoms with Crippen molar-refractivity contribution >= 4 is 11.8 Å². The smallest absolute Gasteiger partial charge is 0.242 e. The normalized spacial score (nSPS) is 16.3. The lowest BCUT2D eigenvalue weighted by atomic mass is 10.1. The van der Waals surface area contributed by atoms with Crippen molar-refractivity contribution in [3.8, 4) is 17.2 Å². The monoisotopic (exact) mass is 440 g/mol. The van der Waals surface area contributed by atoms with Crippen LogP contribution in [0.4, 0.5) is 0 Å². The SMILES string of the molecule is COc1cccc(CN2C(=O)CCCCC2C(=O)NCCc2ccc(OC)c(OC)c2)c1. The van der Waals surface area contributed by atoms with Gasteiger partial charge in [0.25, 0.3) is 0 Å². The van der Waals surface area contributed by atoms with Crippen LogP contribution in [0.2, 0.25) is 0 Å². The average molecular weight is 441 g/mol. The number of methoxy groups -OCH3 is 3. The number of ether oxygens (including phenoxy) is 3. The molecule has 3 rings (SSSR count). The molecule has 0 bridgehead atoms. The molecular formula is C25H32N2O5. The largest absolute Gasteiger partial charge is 0.497 e. The lowest BCUT2D eigenvalue weighted by Gasteiger charge is -2.29. The first-order chi connectivity index (χ1) is 15.5. The molecule has 1 N–H and O–H groups in total. The topological polar surface area (TPSA) is 77.1 Å². The van der Waals surface area contributed by atoms with E-state index in [1.165, 1.54) is 0 Å². The fraction of sp³-hybridized carbons (Fsp3) is 0.440. The molecule has 1 saturated heterocycles. The van der Waals surface area contributed by atoms with Crippen LogP contribution >= 0.6 is 0 Å². The van der Waals surface area contributed by atoms with E-state index in [1.807, 2.05) is 42.5 Å². The van der Waals surface area contributed by atoms with E-state index in [-0.39, 0.29) is 11.8 Å². The standard InChI is InChI=1S/C25H32N2O5/c1-30-20-8-6-7-19(15-20)17-27-21(9-4-5-10-24(27)28)25(29)26-14-13-18-11-12-22(31-2)23(16-18)32-3/h6-8,11-12,15-16,21H,4-5,9-10,13-14,17H2,1-3H3,(H,26,29). The van der Waals surface area contributed by atoms with Gasteiger partial charge < -0.3 is 24.4 Å². The minimum absolute atomic E-state index is 0.0189. The number of nitrogens with one attached hydrogen (secondary N) is 1. The summed E-state index contributed by atoms with van der Waals surface area (Å²) >= 11 is 0. The fourth-order valence-corrected chi connectivity index (χ4v) is 4.01. The van der Waals surface area contributed by atoms with Crippen molar-refractivity contribution in [1.82, 2.24) is 10.2 Å². The molecule has 2 aromatic carbocycles. The number of hydrogen-bond acceptors (Lipinski definition) is 5. The van der Waals surface area contributed by atoms with Gasteiger partial charge in [0, 0.05) is 19.5 Å². The molecule has 7 nitrogen and oxygen atoms in total. The van der Waals surface area contributed by atoms with E-state index < -0.39 is 6.04 Å². The molecule has 0 aromatic heterocycles. The van der Waals surface area contributed by atoms with Crippen LogP contribution in [0.3, 0.4) is 0 Å². The molecule has 2 aromatic rings. The van der Waals surface area contributed by atoms with Crippen molar-refractivity contribution in [1.29, 1.82) is 0 Å². The molecule has 2 amide bonds. The second-order valence-corrected chi connectivity index (χ2v) is 7.87. The van der Waals surface area contributed by atoms with E-state index in [0.29, 0.717) is 43.9 Å². The van der Waals surface area contributed by atoms with Crippen LogP contribution in [0.5, 0.6) is 17.2 Å². The molecule has 1 heterocycles. The Bertz CT molecular complexity index is 930. The van der Waals surface area contributed by atoms with Crippen LogP contribution in [-0.4, -0.2) is 50.6 Å². The summed E-state index contributed by atoms with van der Waals surface area (Å²) < 4.78 is 15.9. The van der Waals surface area contributed by atoms with Gasteiger partial charge in [-0.05, 0) is 54.7 Å². The Hall–Kier alpha value is -3.22. The number of hydrogen-bond donors (Lipinski definition) is 1. The average Bonchev–Trinajstić information content (AvgIpc) is 3.00. The lowest BCUT2D eigenvalue weighted by molar-refractivity contribution is -0.140. The van der Waals surface area contributed by atoms with Gasteiger partial charge >= 0.3 is 0 Å². The molecular weight excluding hydrogens is 408 g/mol. The van der Waals surface area contributed by atoms with Crippen molar-refractivity contribution in [2.75, 3.05) is 27.9 Å². The number of rotatable bonds is 9. The van der Waals surface area contributed by atoms with Crippen molar-refractivity contribution < 1.29 is 23.8 Å². The Morgan fingerprint density at radius 1 is 1.00 bits per heavy atom. The molecule has 7 heteroatoms. The summed E-state index contributed by atoms with van der Waals surface area (Å²) in [4.78, 5) is 27.6. The van der Waals surface area contributed by atoms with Crippen molar-refractivity contribution in [3.05, 3.63) is 53.6 Å². The van der Waals surface area contributed by atoms with Gasteiger partial charge in [-0.2, -0.15) is 0 Å². The summed E-state index contributed by atoms with van der Waals surface area (Å²) in [5, 5.41) is 3.02. The van der Waals surface area contributed by atoms with Crippen LogP contribution in [0, 0.1) is 0 Å². The van der Waals surface area contributed by atoms with E-state index in [4.69, 9.17) is 14.2 Å². The van der Waals surface area contributed by atoms with Gasteiger partial charge in [0.2, 0.25) is 11.8 Å². The first-order valence-electron chi connectivity index (χ1n) is 11.0. The van der Waals surface area contributed by atoms with E-state index >= 15 is 0 Å². The maximum absolute atomic E-state index is 13.1. The number of carbonyl (C=O) groups is 2. The molecule has 1 fully saturated rings. The summed E-state index contributed by atoms with van der Waals surface area (Å²) in [6, 6.07) is 12.9. The predicted molar refractivity (Wildman–Crippen MR) is 122 cm³/mol. The van der Waals surface area contributed by atoms with E-state index in [2.05, 4.69) is 5.32 Å². The zero-order valence-corrected chi connectivity index (χ0v) is 19.1. The van der Waals surface area contributed by atoms with Crippen LogP contribution < -0.4 is 19.5 Å². The van der Waals surface area contributed by atoms with Gasteiger partial charge in [-0.15, -0.1) is 0 Å². The molecule has 1 atom stereocenters. The molecule has 0 spiro atoms. The van der Waals surface area contributed by atoms with Gasteiger partial charge in [0.05, 0.1) is 21.3 Å². The predicted octanol–water partition coefficient (Wildman–Crippen LogP) is 3.34. The zero-order valence-electron chi connectivity index (χ0n) is 19.1. The summed E-state index contributed by atoms with van der Waals surface area (Å²) in [6.07, 6.45) is 3.46. The van der Waals surface area contributed by atoms with Crippen molar-refractivity contribution in [2.24, 2.45) is 0 Å². The Kier molecular flexibility index (Phi) is 8.36. The maximum atomic E-state index is 13.1. The number of amides is 2. The molecule has 1 aliphatic heterocycles. The number of benzene rings is 2. The van der Waals surface area contributed by atoms with Gasteiger partial charge in [-0.1, -0.05) is 24.6 Å². The third-order valence-electron chi connectivity index (χ3n) is 5.77. The van der Waals surface area contributed by atoms with E-state index in [9.17, 15) is 9.59 Å². The summed E-state index contributed by atoms with van der Waals surface area (Å²) in [6.45, 7) is 0.871. The van der Waals surface area contributed by atoms with Gasteiger partial charge in [0.15, 0.2) is 11.5 Å². The highest BCUT2D eigenvalue weighted by atomic mass is 16.5. The van der Waals surface area contributed by atoms with Crippen LogP contribution in [0.25, 0.3) is 0 Å². The Labute approximate surface area is 189 Å². The van der Waals surface area contributed by atoms with E-state index in [0.717, 1.165) is 29.7 Å². The van der Waals surface area contributed by atoms with Crippen molar-refractivity contribution in [3.63, 3.8) is 0 Å². The van der Waals surface area contributed by atoms with Crippen LogP contribution in [-0.2, 0) is 22.6 Å². The highest BCUT2D eigenvalue weighted by Gasteiger charge is 2.31. The summed E-state index contributed by atoms with van der Waals surface area (Å²) in [7, 11) is 4.82. The Balaban J connectivity index is 1.65. The van der Waals surface area contributed by atoms with Crippen LogP contribution in [0.1, 0.15) is 36.8 Å². The first-order valence-corrected chi connectivity index (χ1v) is 11.0. The third kappa shape index (κ3) is 5.93. The molecule has 0 aliphatic carbocycles. The molecule has 172 valence electrons. The van der Waals surface area contributed by atoms with Crippen molar-refractivity contribution in [2.45, 2.75) is 44.7 Å². The lowest BCUT2D eigenvalue weighted by Crippen LogP contribution is -2.48. The minimum Gasteiger partial charge on any atom is -0.497 e. The highest BCUT2D eigenvalue weighted by molar-refractivity contribution is 5.88. The third-order valence-corrected chi connectivity index (χ3v) is 5.77. The quantitative estimate of drug-likeness (QED) is 0.647. The maximum Gasteiger partial charge on any atom is 0.242 e. The molecule has 0 radical (unpaired) electrons. The minimum atomic E-state index is -0.471. The van der Waals surface area contributed by atoms with Gasteiger partial charge in [-0.25, -0.2) is 0 Å². The Morgan fingerprint density at radius 2 is 1.81 bits per heavy atom. The molecule has 1 unspecified atom stereocenters.